The van der Waals surface area contributed by atoms with Gasteiger partial charge < -0.3 is 0 Å². The number of fused-ring (bicyclic) bond motifs is 1. The van der Waals surface area contributed by atoms with Crippen molar-refractivity contribution in [2.24, 2.45) is 4.99 Å². The van der Waals surface area contributed by atoms with Gasteiger partial charge in [-0.25, -0.2) is 0 Å². The van der Waals surface area contributed by atoms with E-state index in [1.807, 2.05) is 30.3 Å². The summed E-state index contributed by atoms with van der Waals surface area (Å²) in [6.45, 7) is 0. The minimum Gasteiger partial charge on any atom is -0.256 e. The van der Waals surface area contributed by atoms with Gasteiger partial charge in [-0.1, -0.05) is 65.7 Å². The van der Waals surface area contributed by atoms with Crippen LogP contribution in [0.4, 0.5) is 5.69 Å². The fourth-order valence-corrected chi connectivity index (χ4v) is 2.52. The predicted octanol–water partition coefficient (Wildman–Crippen LogP) is 5.90. The summed E-state index contributed by atoms with van der Waals surface area (Å²) in [5.74, 6) is 0. The van der Waals surface area contributed by atoms with Crippen LogP contribution in [0.5, 0.6) is 0 Å². The third-order valence-corrected chi connectivity index (χ3v) is 3.63. The molecule has 0 N–H and O–H groups in total. The minimum absolute atomic E-state index is 0.599. The number of rotatable bonds is 2. The molecule has 20 heavy (non-hydrogen) atoms. The molecule has 0 amide bonds. The molecular weight excluding hydrogens is 289 g/mol. The highest BCUT2D eigenvalue weighted by atomic mass is 35.5. The Morgan fingerprint density at radius 2 is 1.65 bits per heavy atom. The Kier molecular flexibility index (Phi) is 3.72. The van der Waals surface area contributed by atoms with Gasteiger partial charge in [0.25, 0.3) is 0 Å². The number of hydrogen-bond acceptors (Lipinski definition) is 1. The van der Waals surface area contributed by atoms with E-state index in [1.54, 1.807) is 18.3 Å². The zero-order chi connectivity index (χ0) is 13.9. The molecular formula is C17H11Cl2N. The van der Waals surface area contributed by atoms with Gasteiger partial charge in [0, 0.05) is 22.2 Å². The topological polar surface area (TPSA) is 12.4 Å². The molecule has 0 aromatic heterocycles. The fraction of sp³-hybridized carbons (Fsp3) is 0. The summed E-state index contributed by atoms with van der Waals surface area (Å²) in [7, 11) is 0. The van der Waals surface area contributed by atoms with Crippen molar-refractivity contribution >= 4 is 45.9 Å². The quantitative estimate of drug-likeness (QED) is 0.523. The molecule has 3 aromatic rings. The van der Waals surface area contributed by atoms with Crippen LogP contribution in [-0.2, 0) is 0 Å². The van der Waals surface area contributed by atoms with Crippen LogP contribution in [-0.4, -0.2) is 6.21 Å². The molecule has 98 valence electrons. The second kappa shape index (κ2) is 5.66. The van der Waals surface area contributed by atoms with Crippen LogP contribution < -0.4 is 0 Å². The molecule has 0 unspecified atom stereocenters. The number of benzene rings is 3. The van der Waals surface area contributed by atoms with Crippen molar-refractivity contribution < 1.29 is 0 Å². The molecule has 0 spiro atoms. The van der Waals surface area contributed by atoms with Crippen LogP contribution >= 0.6 is 23.2 Å². The maximum atomic E-state index is 6.14. The molecule has 0 aliphatic heterocycles. The van der Waals surface area contributed by atoms with Gasteiger partial charge in [-0.15, -0.1) is 0 Å². The van der Waals surface area contributed by atoms with Crippen LogP contribution in [0, 0.1) is 0 Å². The summed E-state index contributed by atoms with van der Waals surface area (Å²) in [5.41, 5.74) is 1.78. The summed E-state index contributed by atoms with van der Waals surface area (Å²) in [6, 6.07) is 19.6. The molecule has 0 heterocycles. The van der Waals surface area contributed by atoms with Crippen LogP contribution in [0.3, 0.4) is 0 Å². The summed E-state index contributed by atoms with van der Waals surface area (Å²) >= 11 is 12.0. The standard InChI is InChI=1S/C17H11Cl2N/c18-14-9-8-13(16(19)10-14)11-20-17-7-3-5-12-4-1-2-6-15(12)17/h1-11H. The van der Waals surface area contributed by atoms with Crippen molar-refractivity contribution in [3.8, 4) is 0 Å². The van der Waals surface area contributed by atoms with Gasteiger partial charge in [-0.3, -0.25) is 4.99 Å². The highest BCUT2D eigenvalue weighted by Gasteiger charge is 2.00. The SMILES string of the molecule is Clc1ccc(C=Nc2cccc3ccccc23)c(Cl)c1. The molecule has 0 atom stereocenters. The highest BCUT2D eigenvalue weighted by molar-refractivity contribution is 6.36. The number of hydrogen-bond donors (Lipinski definition) is 0. The molecule has 0 aliphatic carbocycles. The van der Waals surface area contributed by atoms with Crippen LogP contribution in [0.15, 0.2) is 65.7 Å². The lowest BCUT2D eigenvalue weighted by Crippen LogP contribution is -1.82. The molecule has 0 aliphatic rings. The molecule has 0 radical (unpaired) electrons. The molecule has 0 saturated carbocycles. The van der Waals surface area contributed by atoms with Gasteiger partial charge >= 0.3 is 0 Å². The van der Waals surface area contributed by atoms with Gasteiger partial charge in [0.1, 0.15) is 0 Å². The van der Waals surface area contributed by atoms with E-state index in [1.165, 1.54) is 5.39 Å². The lowest BCUT2D eigenvalue weighted by Gasteiger charge is -2.02. The second-order valence-electron chi connectivity index (χ2n) is 4.42. The Bertz CT molecular complexity index is 789. The summed E-state index contributed by atoms with van der Waals surface area (Å²) in [6.07, 6.45) is 1.76. The Balaban J connectivity index is 2.02. The van der Waals surface area contributed by atoms with Crippen molar-refractivity contribution in [2.75, 3.05) is 0 Å². The third kappa shape index (κ3) is 2.69. The molecule has 0 saturated heterocycles. The average molecular weight is 300 g/mol. The minimum atomic E-state index is 0.599. The zero-order valence-electron chi connectivity index (χ0n) is 10.6. The maximum absolute atomic E-state index is 6.14. The smallest absolute Gasteiger partial charge is 0.0708 e. The van der Waals surface area contributed by atoms with Crippen LogP contribution in [0.1, 0.15) is 5.56 Å². The van der Waals surface area contributed by atoms with E-state index in [0.29, 0.717) is 10.0 Å². The Morgan fingerprint density at radius 1 is 0.850 bits per heavy atom. The third-order valence-electron chi connectivity index (χ3n) is 3.07. The van der Waals surface area contributed by atoms with Gasteiger partial charge in [-0.2, -0.15) is 0 Å². The van der Waals surface area contributed by atoms with E-state index < -0.39 is 0 Å². The Labute approximate surface area is 127 Å². The monoisotopic (exact) mass is 299 g/mol. The van der Waals surface area contributed by atoms with Gasteiger partial charge in [0.2, 0.25) is 0 Å². The van der Waals surface area contributed by atoms with E-state index in [2.05, 4.69) is 23.2 Å². The van der Waals surface area contributed by atoms with E-state index in [9.17, 15) is 0 Å². The van der Waals surface area contributed by atoms with Gasteiger partial charge in [0.15, 0.2) is 0 Å². The molecule has 3 heteroatoms. The second-order valence-corrected chi connectivity index (χ2v) is 5.27. The van der Waals surface area contributed by atoms with E-state index in [0.717, 1.165) is 16.6 Å². The molecule has 3 aromatic carbocycles. The van der Waals surface area contributed by atoms with Crippen molar-refractivity contribution in [1.82, 2.24) is 0 Å². The number of nitrogens with zero attached hydrogens (tertiary/aromatic N) is 1. The van der Waals surface area contributed by atoms with Gasteiger partial charge in [0.05, 0.1) is 10.7 Å². The summed E-state index contributed by atoms with van der Waals surface area (Å²) in [5, 5.41) is 3.51. The Morgan fingerprint density at radius 3 is 2.50 bits per heavy atom. The summed E-state index contributed by atoms with van der Waals surface area (Å²) in [4.78, 5) is 4.54. The first kappa shape index (κ1) is 13.2. The fourth-order valence-electron chi connectivity index (χ4n) is 2.07. The summed E-state index contributed by atoms with van der Waals surface area (Å²) < 4.78 is 0. The van der Waals surface area contributed by atoms with Crippen molar-refractivity contribution in [3.05, 3.63) is 76.3 Å². The largest absolute Gasteiger partial charge is 0.256 e. The first-order valence-electron chi connectivity index (χ1n) is 6.21. The van der Waals surface area contributed by atoms with Crippen molar-refractivity contribution in [1.29, 1.82) is 0 Å². The van der Waals surface area contributed by atoms with E-state index >= 15 is 0 Å². The molecule has 3 rings (SSSR count). The van der Waals surface area contributed by atoms with Crippen LogP contribution in [0.2, 0.25) is 10.0 Å². The van der Waals surface area contributed by atoms with Crippen molar-refractivity contribution in [2.45, 2.75) is 0 Å². The number of aliphatic imine (C=N–C) groups is 1. The lowest BCUT2D eigenvalue weighted by atomic mass is 10.1. The van der Waals surface area contributed by atoms with Crippen molar-refractivity contribution in [3.63, 3.8) is 0 Å². The first-order chi connectivity index (χ1) is 9.74. The molecule has 0 bridgehead atoms. The highest BCUT2D eigenvalue weighted by Crippen LogP contribution is 2.26. The number of halogens is 2. The van der Waals surface area contributed by atoms with E-state index in [-0.39, 0.29) is 0 Å². The van der Waals surface area contributed by atoms with E-state index in [4.69, 9.17) is 23.2 Å². The Hall–Kier alpha value is -1.83. The molecule has 0 fully saturated rings. The molecule has 1 nitrogen and oxygen atoms in total. The first-order valence-corrected chi connectivity index (χ1v) is 6.96. The normalized spacial score (nSPS) is 11.3. The van der Waals surface area contributed by atoms with Gasteiger partial charge in [-0.05, 0) is 23.6 Å². The lowest BCUT2D eigenvalue weighted by molar-refractivity contribution is 1.56. The predicted molar refractivity (Wildman–Crippen MR) is 87.7 cm³/mol. The van der Waals surface area contributed by atoms with Crippen LogP contribution in [0.25, 0.3) is 10.8 Å². The zero-order valence-corrected chi connectivity index (χ0v) is 12.1. The average Bonchev–Trinajstić information content (AvgIpc) is 2.46. The maximum Gasteiger partial charge on any atom is 0.0708 e.